The smallest absolute Gasteiger partial charge is 0.360 e. The Morgan fingerprint density at radius 1 is 1.10 bits per heavy atom. The van der Waals surface area contributed by atoms with Gasteiger partial charge in [-0.25, -0.2) is 19.6 Å². The Labute approximate surface area is 121 Å². The van der Waals surface area contributed by atoms with E-state index in [4.69, 9.17) is 0 Å². The minimum absolute atomic E-state index is 0.0307. The number of aryl methyl sites for hydroxylation is 2. The summed E-state index contributed by atoms with van der Waals surface area (Å²) in [6.45, 7) is 3.90. The van der Waals surface area contributed by atoms with Crippen LogP contribution >= 0.6 is 0 Å². The number of methoxy groups -OCH3 is 1. The van der Waals surface area contributed by atoms with Crippen LogP contribution in [0.4, 0.5) is 10.6 Å². The van der Waals surface area contributed by atoms with Gasteiger partial charge in [-0.15, -0.1) is 0 Å². The standard InChI is InChI=1S/C14H16N4O3/c1-7-5-9-10(6-8(7)2)17-12(18-14(20)15-3)11(16-9)13(19)21-4/h5-6H,1-4H3,(H2,15,17,18,20). The molecule has 7 heteroatoms. The van der Waals surface area contributed by atoms with Crippen LogP contribution in [0.3, 0.4) is 0 Å². The van der Waals surface area contributed by atoms with Crippen LogP contribution < -0.4 is 10.6 Å². The molecule has 0 radical (unpaired) electrons. The van der Waals surface area contributed by atoms with Gasteiger partial charge in [-0.05, 0) is 37.1 Å². The molecule has 2 N–H and O–H groups in total. The number of aromatic nitrogens is 2. The van der Waals surface area contributed by atoms with Crippen molar-refractivity contribution in [1.82, 2.24) is 15.3 Å². The van der Waals surface area contributed by atoms with E-state index >= 15 is 0 Å². The van der Waals surface area contributed by atoms with E-state index in [0.29, 0.717) is 11.0 Å². The molecule has 2 aromatic rings. The predicted octanol–water partition coefficient (Wildman–Crippen LogP) is 1.78. The van der Waals surface area contributed by atoms with Crippen molar-refractivity contribution < 1.29 is 14.3 Å². The van der Waals surface area contributed by atoms with Gasteiger partial charge in [0.05, 0.1) is 18.1 Å². The first kappa shape index (κ1) is 14.7. The number of urea groups is 1. The lowest BCUT2D eigenvalue weighted by molar-refractivity contribution is 0.0595. The number of nitrogens with zero attached hydrogens (tertiary/aromatic N) is 2. The van der Waals surface area contributed by atoms with Crippen LogP contribution in [-0.2, 0) is 4.74 Å². The summed E-state index contributed by atoms with van der Waals surface area (Å²) in [7, 11) is 2.72. The SMILES string of the molecule is CNC(=O)Nc1nc2cc(C)c(C)cc2nc1C(=O)OC. The largest absolute Gasteiger partial charge is 0.464 e. The molecule has 2 amide bonds. The third-order valence-corrected chi connectivity index (χ3v) is 3.12. The van der Waals surface area contributed by atoms with E-state index in [1.165, 1.54) is 14.2 Å². The molecule has 0 spiro atoms. The Bertz CT molecular complexity index is 728. The van der Waals surface area contributed by atoms with Gasteiger partial charge >= 0.3 is 12.0 Å². The zero-order valence-electron chi connectivity index (χ0n) is 12.3. The minimum atomic E-state index is -0.658. The van der Waals surface area contributed by atoms with Crippen molar-refractivity contribution in [1.29, 1.82) is 0 Å². The normalized spacial score (nSPS) is 10.3. The van der Waals surface area contributed by atoms with E-state index in [1.807, 2.05) is 26.0 Å². The third kappa shape index (κ3) is 2.91. The van der Waals surface area contributed by atoms with E-state index in [1.54, 1.807) is 0 Å². The van der Waals surface area contributed by atoms with Crippen LogP contribution in [0.2, 0.25) is 0 Å². The number of ether oxygens (including phenoxy) is 1. The van der Waals surface area contributed by atoms with Crippen LogP contribution in [-0.4, -0.2) is 36.1 Å². The summed E-state index contributed by atoms with van der Waals surface area (Å²) >= 11 is 0. The highest BCUT2D eigenvalue weighted by Crippen LogP contribution is 2.21. The fraction of sp³-hybridized carbons (Fsp3) is 0.286. The lowest BCUT2D eigenvalue weighted by Crippen LogP contribution is -2.26. The summed E-state index contributed by atoms with van der Waals surface area (Å²) in [5.41, 5.74) is 3.23. The molecule has 0 saturated heterocycles. The van der Waals surface area contributed by atoms with Crippen LogP contribution in [0.15, 0.2) is 12.1 Å². The molecule has 110 valence electrons. The van der Waals surface area contributed by atoms with Gasteiger partial charge in [0.15, 0.2) is 11.5 Å². The van der Waals surface area contributed by atoms with Gasteiger partial charge in [-0.1, -0.05) is 0 Å². The van der Waals surface area contributed by atoms with E-state index in [0.717, 1.165) is 11.1 Å². The van der Waals surface area contributed by atoms with Gasteiger partial charge in [0.1, 0.15) is 0 Å². The zero-order chi connectivity index (χ0) is 15.6. The molecule has 0 aliphatic carbocycles. The Morgan fingerprint density at radius 3 is 2.19 bits per heavy atom. The number of esters is 1. The average molecular weight is 288 g/mol. The molecule has 0 aliphatic heterocycles. The van der Waals surface area contributed by atoms with Crippen molar-refractivity contribution in [2.75, 3.05) is 19.5 Å². The second-order valence-electron chi connectivity index (χ2n) is 4.54. The maximum absolute atomic E-state index is 11.8. The minimum Gasteiger partial charge on any atom is -0.464 e. The van der Waals surface area contributed by atoms with Crippen molar-refractivity contribution in [3.63, 3.8) is 0 Å². The molecule has 7 nitrogen and oxygen atoms in total. The fourth-order valence-corrected chi connectivity index (χ4v) is 1.81. The molecular formula is C14H16N4O3. The highest BCUT2D eigenvalue weighted by Gasteiger charge is 2.19. The molecule has 0 saturated carbocycles. The number of rotatable bonds is 2. The summed E-state index contributed by atoms with van der Waals surface area (Å²) in [5, 5.41) is 4.87. The molecule has 2 rings (SSSR count). The number of fused-ring (bicyclic) bond motifs is 1. The highest BCUT2D eigenvalue weighted by atomic mass is 16.5. The second-order valence-corrected chi connectivity index (χ2v) is 4.54. The first-order valence-corrected chi connectivity index (χ1v) is 6.32. The average Bonchev–Trinajstić information content (AvgIpc) is 2.47. The van der Waals surface area contributed by atoms with Crippen molar-refractivity contribution >= 4 is 28.9 Å². The maximum Gasteiger partial charge on any atom is 0.360 e. The summed E-state index contributed by atoms with van der Waals surface area (Å²) in [5.74, 6) is -0.592. The molecule has 0 unspecified atom stereocenters. The lowest BCUT2D eigenvalue weighted by atomic mass is 10.1. The van der Waals surface area contributed by atoms with E-state index in [-0.39, 0.29) is 11.5 Å². The van der Waals surface area contributed by atoms with Gasteiger partial charge in [-0.3, -0.25) is 5.32 Å². The van der Waals surface area contributed by atoms with Gasteiger partial charge in [0, 0.05) is 7.05 Å². The number of hydrogen-bond acceptors (Lipinski definition) is 5. The van der Waals surface area contributed by atoms with Crippen LogP contribution in [0.25, 0.3) is 11.0 Å². The van der Waals surface area contributed by atoms with Gasteiger partial charge in [-0.2, -0.15) is 0 Å². The second kappa shape index (κ2) is 5.74. The predicted molar refractivity (Wildman–Crippen MR) is 78.4 cm³/mol. The number of benzene rings is 1. The lowest BCUT2D eigenvalue weighted by Gasteiger charge is -2.10. The topological polar surface area (TPSA) is 93.2 Å². The summed E-state index contributed by atoms with van der Waals surface area (Å²) in [6.07, 6.45) is 0. The fourth-order valence-electron chi connectivity index (χ4n) is 1.81. The van der Waals surface area contributed by atoms with Crippen molar-refractivity contribution in [2.24, 2.45) is 0 Å². The van der Waals surface area contributed by atoms with Crippen LogP contribution in [0.1, 0.15) is 21.6 Å². The zero-order valence-corrected chi connectivity index (χ0v) is 12.3. The Hall–Kier alpha value is -2.70. The Balaban J connectivity index is 2.65. The van der Waals surface area contributed by atoms with Gasteiger partial charge < -0.3 is 10.1 Å². The maximum atomic E-state index is 11.8. The Morgan fingerprint density at radius 2 is 1.67 bits per heavy atom. The molecule has 21 heavy (non-hydrogen) atoms. The molecule has 1 aromatic carbocycles. The number of amides is 2. The Kier molecular flexibility index (Phi) is 4.02. The van der Waals surface area contributed by atoms with Crippen LogP contribution in [0, 0.1) is 13.8 Å². The molecule has 1 aromatic heterocycles. The molecule has 0 aliphatic rings. The number of hydrogen-bond donors (Lipinski definition) is 2. The van der Waals surface area contributed by atoms with E-state index in [9.17, 15) is 9.59 Å². The van der Waals surface area contributed by atoms with Gasteiger partial charge in [0.25, 0.3) is 0 Å². The van der Waals surface area contributed by atoms with Crippen molar-refractivity contribution in [3.8, 4) is 0 Å². The molecule has 0 fully saturated rings. The molecule has 0 atom stereocenters. The molecule has 0 bridgehead atoms. The third-order valence-electron chi connectivity index (χ3n) is 3.12. The van der Waals surface area contributed by atoms with Crippen molar-refractivity contribution in [3.05, 3.63) is 29.0 Å². The molecule has 1 heterocycles. The number of anilines is 1. The number of carbonyl (C=O) groups is 2. The van der Waals surface area contributed by atoms with Crippen LogP contribution in [0.5, 0.6) is 0 Å². The first-order valence-electron chi connectivity index (χ1n) is 6.32. The summed E-state index contributed by atoms with van der Waals surface area (Å²) in [4.78, 5) is 31.8. The van der Waals surface area contributed by atoms with E-state index < -0.39 is 12.0 Å². The first-order chi connectivity index (χ1) is 9.96. The van der Waals surface area contributed by atoms with Crippen molar-refractivity contribution in [2.45, 2.75) is 13.8 Å². The highest BCUT2D eigenvalue weighted by molar-refractivity contribution is 6.00. The number of nitrogens with one attached hydrogen (secondary N) is 2. The summed E-state index contributed by atoms with van der Waals surface area (Å²) < 4.78 is 4.68. The number of carbonyl (C=O) groups excluding carboxylic acids is 2. The summed E-state index contributed by atoms with van der Waals surface area (Å²) in [6, 6.07) is 3.21. The monoisotopic (exact) mass is 288 g/mol. The van der Waals surface area contributed by atoms with Gasteiger partial charge in [0.2, 0.25) is 0 Å². The quantitative estimate of drug-likeness (QED) is 0.822. The molecular weight excluding hydrogens is 272 g/mol. The van der Waals surface area contributed by atoms with E-state index in [2.05, 4.69) is 25.3 Å².